The largest absolute Gasteiger partial charge is 0.508 e. The van der Waals surface area contributed by atoms with Crippen LogP contribution in [0.25, 0.3) is 0 Å². The van der Waals surface area contributed by atoms with E-state index in [1.54, 1.807) is 0 Å². The van der Waals surface area contributed by atoms with Gasteiger partial charge in [0.25, 0.3) is 5.91 Å². The second kappa shape index (κ2) is 7.57. The Labute approximate surface area is 115 Å². The van der Waals surface area contributed by atoms with E-state index in [1.807, 2.05) is 5.32 Å². The molecule has 0 saturated carbocycles. The standard InChI is InChI=1S/C13H14N2O5/c1-2-7-14-13(19)15-11(17)8-20-12(18)9-3-5-10(16)6-4-9/h2-6,16H,1,7-8H2,(H2,14,15,17,19). The number of rotatable bonds is 5. The SMILES string of the molecule is C=CCNC(=O)NC(=O)COC(=O)c1ccc(O)cc1. The smallest absolute Gasteiger partial charge is 0.338 e. The van der Waals surface area contributed by atoms with Crippen molar-refractivity contribution in [3.63, 3.8) is 0 Å². The van der Waals surface area contributed by atoms with E-state index in [9.17, 15) is 14.4 Å². The highest BCUT2D eigenvalue weighted by atomic mass is 16.5. The lowest BCUT2D eigenvalue weighted by Gasteiger charge is -2.06. The van der Waals surface area contributed by atoms with Gasteiger partial charge < -0.3 is 15.2 Å². The number of carbonyl (C=O) groups is 3. The van der Waals surface area contributed by atoms with Crippen LogP contribution in [-0.2, 0) is 9.53 Å². The molecule has 0 saturated heterocycles. The van der Waals surface area contributed by atoms with Gasteiger partial charge in [-0.25, -0.2) is 9.59 Å². The van der Waals surface area contributed by atoms with Crippen LogP contribution in [0.4, 0.5) is 4.79 Å². The lowest BCUT2D eigenvalue weighted by molar-refractivity contribution is -0.123. The quantitative estimate of drug-likeness (QED) is 0.539. The first kappa shape index (κ1) is 15.2. The summed E-state index contributed by atoms with van der Waals surface area (Å²) >= 11 is 0. The maximum atomic E-state index is 11.5. The minimum atomic E-state index is -0.751. The van der Waals surface area contributed by atoms with Crippen LogP contribution in [0.5, 0.6) is 5.75 Å². The van der Waals surface area contributed by atoms with Gasteiger partial charge >= 0.3 is 12.0 Å². The summed E-state index contributed by atoms with van der Waals surface area (Å²) in [6.45, 7) is 3.03. The van der Waals surface area contributed by atoms with Crippen LogP contribution < -0.4 is 10.6 Å². The molecule has 7 heteroatoms. The Morgan fingerprint density at radius 1 is 1.25 bits per heavy atom. The number of ether oxygens (including phenoxy) is 1. The normalized spacial score (nSPS) is 9.40. The third kappa shape index (κ3) is 5.21. The molecule has 7 nitrogen and oxygen atoms in total. The van der Waals surface area contributed by atoms with Crippen molar-refractivity contribution in [2.75, 3.05) is 13.2 Å². The molecule has 0 aliphatic heterocycles. The van der Waals surface area contributed by atoms with E-state index < -0.39 is 24.5 Å². The zero-order valence-electron chi connectivity index (χ0n) is 10.6. The van der Waals surface area contributed by atoms with Gasteiger partial charge in [-0.2, -0.15) is 0 Å². The van der Waals surface area contributed by atoms with Gasteiger partial charge in [-0.1, -0.05) is 6.08 Å². The number of urea groups is 1. The molecule has 0 aliphatic rings. The van der Waals surface area contributed by atoms with Gasteiger partial charge in [0, 0.05) is 6.54 Å². The highest BCUT2D eigenvalue weighted by molar-refractivity contribution is 5.97. The number of aromatic hydroxyl groups is 1. The average molecular weight is 278 g/mol. The zero-order valence-corrected chi connectivity index (χ0v) is 10.6. The molecule has 0 aromatic heterocycles. The van der Waals surface area contributed by atoms with Crippen molar-refractivity contribution in [1.82, 2.24) is 10.6 Å². The van der Waals surface area contributed by atoms with Crippen molar-refractivity contribution in [3.8, 4) is 5.75 Å². The fourth-order valence-corrected chi connectivity index (χ4v) is 1.18. The van der Waals surface area contributed by atoms with Crippen molar-refractivity contribution in [1.29, 1.82) is 0 Å². The molecule has 0 fully saturated rings. The Morgan fingerprint density at radius 3 is 2.50 bits per heavy atom. The number of carbonyl (C=O) groups excluding carboxylic acids is 3. The maximum absolute atomic E-state index is 11.5. The van der Waals surface area contributed by atoms with Gasteiger partial charge in [0.2, 0.25) is 0 Å². The van der Waals surface area contributed by atoms with E-state index in [2.05, 4.69) is 11.9 Å². The third-order valence-corrected chi connectivity index (χ3v) is 2.10. The van der Waals surface area contributed by atoms with E-state index in [1.165, 1.54) is 30.3 Å². The lowest BCUT2D eigenvalue weighted by Crippen LogP contribution is -2.41. The molecular weight excluding hydrogens is 264 g/mol. The number of hydrogen-bond acceptors (Lipinski definition) is 5. The summed E-state index contributed by atoms with van der Waals surface area (Å²) in [7, 11) is 0. The molecule has 0 unspecified atom stereocenters. The number of phenols is 1. The van der Waals surface area contributed by atoms with Gasteiger partial charge in [0.05, 0.1) is 5.56 Å². The number of amides is 3. The van der Waals surface area contributed by atoms with E-state index in [0.717, 1.165) is 0 Å². The number of phenolic OH excluding ortho intramolecular Hbond substituents is 1. The Kier molecular flexibility index (Phi) is 5.76. The van der Waals surface area contributed by atoms with Gasteiger partial charge in [-0.05, 0) is 24.3 Å². The Balaban J connectivity index is 2.37. The molecular formula is C13H14N2O5. The van der Waals surface area contributed by atoms with E-state index in [-0.39, 0.29) is 17.9 Å². The summed E-state index contributed by atoms with van der Waals surface area (Å²) in [6, 6.07) is 4.65. The van der Waals surface area contributed by atoms with Gasteiger partial charge in [-0.15, -0.1) is 6.58 Å². The van der Waals surface area contributed by atoms with E-state index in [0.29, 0.717) is 0 Å². The molecule has 0 atom stereocenters. The van der Waals surface area contributed by atoms with Crippen molar-refractivity contribution in [3.05, 3.63) is 42.5 Å². The number of hydrogen-bond donors (Lipinski definition) is 3. The van der Waals surface area contributed by atoms with Crippen LogP contribution >= 0.6 is 0 Å². The average Bonchev–Trinajstić information content (AvgIpc) is 2.43. The molecule has 1 aromatic rings. The molecule has 0 heterocycles. The molecule has 0 bridgehead atoms. The van der Waals surface area contributed by atoms with Crippen molar-refractivity contribution in [2.24, 2.45) is 0 Å². The van der Waals surface area contributed by atoms with Crippen molar-refractivity contribution < 1.29 is 24.2 Å². The van der Waals surface area contributed by atoms with Crippen LogP contribution in [0.15, 0.2) is 36.9 Å². The molecule has 1 rings (SSSR count). The first-order valence-electron chi connectivity index (χ1n) is 5.67. The minimum Gasteiger partial charge on any atom is -0.508 e. The van der Waals surface area contributed by atoms with E-state index >= 15 is 0 Å². The molecule has 3 N–H and O–H groups in total. The Bertz CT molecular complexity index is 510. The number of benzene rings is 1. The topological polar surface area (TPSA) is 105 Å². The van der Waals surface area contributed by atoms with Crippen LogP contribution in [0, 0.1) is 0 Å². The van der Waals surface area contributed by atoms with Crippen molar-refractivity contribution >= 4 is 17.9 Å². The summed E-state index contributed by atoms with van der Waals surface area (Å²) in [5, 5.41) is 13.4. The fraction of sp³-hybridized carbons (Fsp3) is 0.154. The zero-order chi connectivity index (χ0) is 15.0. The predicted octanol–water partition coefficient (Wildman–Crippen LogP) is 0.561. The maximum Gasteiger partial charge on any atom is 0.338 e. The first-order chi connectivity index (χ1) is 9.52. The van der Waals surface area contributed by atoms with Crippen LogP contribution in [0.3, 0.4) is 0 Å². The molecule has 1 aromatic carbocycles. The van der Waals surface area contributed by atoms with Gasteiger partial charge in [0.1, 0.15) is 5.75 Å². The molecule has 0 radical (unpaired) electrons. The molecule has 20 heavy (non-hydrogen) atoms. The van der Waals surface area contributed by atoms with Crippen LogP contribution in [0.2, 0.25) is 0 Å². The third-order valence-electron chi connectivity index (χ3n) is 2.10. The molecule has 0 aliphatic carbocycles. The summed E-state index contributed by atoms with van der Waals surface area (Å²) < 4.78 is 4.70. The van der Waals surface area contributed by atoms with E-state index in [4.69, 9.17) is 9.84 Å². The highest BCUT2D eigenvalue weighted by Gasteiger charge is 2.11. The number of nitrogens with one attached hydrogen (secondary N) is 2. The summed E-state index contributed by atoms with van der Waals surface area (Å²) in [6.07, 6.45) is 1.45. The van der Waals surface area contributed by atoms with Crippen LogP contribution in [0.1, 0.15) is 10.4 Å². The summed E-state index contributed by atoms with van der Waals surface area (Å²) in [5.41, 5.74) is 0.187. The van der Waals surface area contributed by atoms with Gasteiger partial charge in [0.15, 0.2) is 6.61 Å². The monoisotopic (exact) mass is 278 g/mol. The minimum absolute atomic E-state index is 0.0122. The second-order valence-corrected chi connectivity index (χ2v) is 3.67. The molecule has 106 valence electrons. The second-order valence-electron chi connectivity index (χ2n) is 3.67. The molecule has 0 spiro atoms. The first-order valence-corrected chi connectivity index (χ1v) is 5.67. The fourth-order valence-electron chi connectivity index (χ4n) is 1.18. The van der Waals surface area contributed by atoms with Crippen molar-refractivity contribution in [2.45, 2.75) is 0 Å². The van der Waals surface area contributed by atoms with Gasteiger partial charge in [-0.3, -0.25) is 10.1 Å². The number of imide groups is 1. The lowest BCUT2D eigenvalue weighted by atomic mass is 10.2. The Morgan fingerprint density at radius 2 is 1.90 bits per heavy atom. The predicted molar refractivity (Wildman–Crippen MR) is 70.1 cm³/mol. The Hall–Kier alpha value is -2.83. The molecule has 3 amide bonds. The number of esters is 1. The van der Waals surface area contributed by atoms with Crippen LogP contribution in [-0.4, -0.2) is 36.2 Å². The highest BCUT2D eigenvalue weighted by Crippen LogP contribution is 2.10. The summed E-state index contributed by atoms with van der Waals surface area (Å²) in [5.74, 6) is -1.47. The summed E-state index contributed by atoms with van der Waals surface area (Å²) in [4.78, 5) is 33.9.